The molecule has 11 heavy (non-hydrogen) atoms. The summed E-state index contributed by atoms with van der Waals surface area (Å²) in [7, 11) is 0. The van der Waals surface area contributed by atoms with E-state index in [4.69, 9.17) is 5.41 Å². The predicted molar refractivity (Wildman–Crippen MR) is 51.3 cm³/mol. The largest absolute Gasteiger partial charge is 0.313 e. The Morgan fingerprint density at radius 3 is 1.64 bits per heavy atom. The van der Waals surface area contributed by atoms with Crippen LogP contribution < -0.4 is 0 Å². The van der Waals surface area contributed by atoms with Crippen molar-refractivity contribution in [2.45, 2.75) is 47.0 Å². The fourth-order valence-electron chi connectivity index (χ4n) is 1.89. The lowest BCUT2D eigenvalue weighted by molar-refractivity contribution is 0.199. The molecule has 0 aliphatic rings. The Hall–Kier alpha value is -0.330. The molecule has 1 nitrogen and oxygen atoms in total. The molecule has 0 aromatic heterocycles. The molecule has 0 amide bonds. The van der Waals surface area contributed by atoms with Crippen molar-refractivity contribution in [3.05, 3.63) is 0 Å². The molecule has 1 atom stereocenters. The molecule has 0 rings (SSSR count). The molecule has 66 valence electrons. The van der Waals surface area contributed by atoms with Gasteiger partial charge in [-0.25, -0.2) is 0 Å². The normalized spacial score (nSPS) is 14.5. The lowest BCUT2D eigenvalue weighted by atomic mass is 9.71. The average Bonchev–Trinajstić information content (AvgIpc) is 2.08. The van der Waals surface area contributed by atoms with Crippen molar-refractivity contribution in [3.63, 3.8) is 0 Å². The van der Waals surface area contributed by atoms with Gasteiger partial charge in [-0.3, -0.25) is 0 Å². The summed E-state index contributed by atoms with van der Waals surface area (Å²) >= 11 is 0. The highest BCUT2D eigenvalue weighted by molar-refractivity contribution is 5.57. The number of hydrogen-bond donors (Lipinski definition) is 1. The van der Waals surface area contributed by atoms with Crippen LogP contribution in [-0.4, -0.2) is 6.21 Å². The third kappa shape index (κ3) is 2.05. The highest BCUT2D eigenvalue weighted by atomic mass is 14.4. The summed E-state index contributed by atoms with van der Waals surface area (Å²) < 4.78 is 0. The van der Waals surface area contributed by atoms with Crippen LogP contribution in [0.3, 0.4) is 0 Å². The van der Waals surface area contributed by atoms with Crippen molar-refractivity contribution in [3.8, 4) is 0 Å². The molecule has 0 bridgehead atoms. The van der Waals surface area contributed by atoms with Crippen LogP contribution in [0.1, 0.15) is 47.0 Å². The van der Waals surface area contributed by atoms with Gasteiger partial charge in [0, 0.05) is 0 Å². The van der Waals surface area contributed by atoms with Gasteiger partial charge in [0.05, 0.1) is 0 Å². The third-order valence-corrected chi connectivity index (χ3v) is 3.33. The second-order valence-corrected chi connectivity index (χ2v) is 3.38. The Balaban J connectivity index is 4.38. The number of nitrogens with one attached hydrogen (secondary N) is 1. The van der Waals surface area contributed by atoms with Gasteiger partial charge in [-0.2, -0.15) is 0 Å². The Morgan fingerprint density at radius 1 is 1.18 bits per heavy atom. The molecule has 0 heterocycles. The van der Waals surface area contributed by atoms with Gasteiger partial charge in [-0.05, 0) is 36.8 Å². The van der Waals surface area contributed by atoms with Crippen molar-refractivity contribution in [2.75, 3.05) is 0 Å². The van der Waals surface area contributed by atoms with Gasteiger partial charge >= 0.3 is 0 Å². The Bertz CT molecular complexity index is 106. The SMILES string of the molecule is CCC(CC)(CC)C(C)C=N. The van der Waals surface area contributed by atoms with Crippen molar-refractivity contribution >= 4 is 6.21 Å². The standard InChI is InChI=1S/C10H21N/c1-5-10(6-2,7-3)9(4)8-11/h8-9,11H,5-7H2,1-4H3. The molecule has 0 aromatic rings. The fraction of sp³-hybridized carbons (Fsp3) is 0.900. The first-order valence-corrected chi connectivity index (χ1v) is 4.67. The molecule has 0 radical (unpaired) electrons. The lowest BCUT2D eigenvalue weighted by Gasteiger charge is -2.34. The average molecular weight is 155 g/mol. The van der Waals surface area contributed by atoms with E-state index >= 15 is 0 Å². The Labute approximate surface area is 70.7 Å². The Kier molecular flexibility index (Phi) is 4.39. The first-order chi connectivity index (χ1) is 5.16. The summed E-state index contributed by atoms with van der Waals surface area (Å²) in [6, 6.07) is 0. The molecule has 0 fully saturated rings. The maximum Gasteiger partial charge on any atom is -0.00140 e. The van der Waals surface area contributed by atoms with E-state index in [-0.39, 0.29) is 0 Å². The van der Waals surface area contributed by atoms with Gasteiger partial charge in [0.2, 0.25) is 0 Å². The van der Waals surface area contributed by atoms with E-state index < -0.39 is 0 Å². The first-order valence-electron chi connectivity index (χ1n) is 4.67. The number of hydrogen-bond acceptors (Lipinski definition) is 1. The quantitative estimate of drug-likeness (QED) is 0.588. The zero-order chi connectivity index (χ0) is 8.91. The molecular formula is C10H21N. The van der Waals surface area contributed by atoms with Gasteiger partial charge in [0.15, 0.2) is 0 Å². The van der Waals surface area contributed by atoms with Crippen LogP contribution >= 0.6 is 0 Å². The van der Waals surface area contributed by atoms with Gasteiger partial charge < -0.3 is 5.41 Å². The maximum absolute atomic E-state index is 7.25. The van der Waals surface area contributed by atoms with Crippen LogP contribution in [0.15, 0.2) is 0 Å². The van der Waals surface area contributed by atoms with Crippen molar-refractivity contribution in [1.82, 2.24) is 0 Å². The Morgan fingerprint density at radius 2 is 1.55 bits per heavy atom. The monoisotopic (exact) mass is 155 g/mol. The van der Waals surface area contributed by atoms with E-state index in [1.807, 2.05) is 0 Å². The van der Waals surface area contributed by atoms with Crippen LogP contribution in [0.4, 0.5) is 0 Å². The summed E-state index contributed by atoms with van der Waals surface area (Å²) in [5.74, 6) is 0.433. The van der Waals surface area contributed by atoms with Crippen LogP contribution in [0.25, 0.3) is 0 Å². The van der Waals surface area contributed by atoms with Crippen LogP contribution in [0, 0.1) is 16.7 Å². The fourth-order valence-corrected chi connectivity index (χ4v) is 1.89. The minimum absolute atomic E-state index is 0.391. The van der Waals surface area contributed by atoms with Gasteiger partial charge in [0.1, 0.15) is 0 Å². The molecule has 1 N–H and O–H groups in total. The molecule has 0 spiro atoms. The zero-order valence-corrected chi connectivity index (χ0v) is 8.28. The highest BCUT2D eigenvalue weighted by Gasteiger charge is 2.28. The molecule has 0 aliphatic carbocycles. The summed E-state index contributed by atoms with van der Waals surface area (Å²) in [5.41, 5.74) is 0.391. The topological polar surface area (TPSA) is 23.9 Å². The minimum atomic E-state index is 0.391. The second kappa shape index (κ2) is 4.53. The zero-order valence-electron chi connectivity index (χ0n) is 8.28. The first kappa shape index (κ1) is 10.7. The van der Waals surface area contributed by atoms with E-state index in [2.05, 4.69) is 27.7 Å². The van der Waals surface area contributed by atoms with Gasteiger partial charge in [-0.1, -0.05) is 27.7 Å². The molecule has 0 aromatic carbocycles. The highest BCUT2D eigenvalue weighted by Crippen LogP contribution is 2.37. The molecule has 0 aliphatic heterocycles. The van der Waals surface area contributed by atoms with Gasteiger partial charge in [-0.15, -0.1) is 0 Å². The molecule has 1 unspecified atom stereocenters. The summed E-state index contributed by atoms with van der Waals surface area (Å²) in [5, 5.41) is 7.25. The molecular weight excluding hydrogens is 134 g/mol. The minimum Gasteiger partial charge on any atom is -0.313 e. The van der Waals surface area contributed by atoms with E-state index in [1.165, 1.54) is 19.3 Å². The van der Waals surface area contributed by atoms with Crippen LogP contribution in [-0.2, 0) is 0 Å². The second-order valence-electron chi connectivity index (χ2n) is 3.38. The smallest absolute Gasteiger partial charge is 0.00140 e. The van der Waals surface area contributed by atoms with E-state index in [1.54, 1.807) is 6.21 Å². The summed E-state index contributed by atoms with van der Waals surface area (Å²) in [6.45, 7) is 8.84. The van der Waals surface area contributed by atoms with E-state index in [0.717, 1.165) is 0 Å². The molecule has 0 saturated heterocycles. The third-order valence-electron chi connectivity index (χ3n) is 3.33. The van der Waals surface area contributed by atoms with Crippen molar-refractivity contribution in [2.24, 2.45) is 11.3 Å². The predicted octanol–water partition coefficient (Wildman–Crippen LogP) is 3.49. The van der Waals surface area contributed by atoms with Crippen molar-refractivity contribution in [1.29, 1.82) is 5.41 Å². The van der Waals surface area contributed by atoms with Gasteiger partial charge in [0.25, 0.3) is 0 Å². The molecule has 0 saturated carbocycles. The molecule has 1 heteroatoms. The van der Waals surface area contributed by atoms with Crippen LogP contribution in [0.2, 0.25) is 0 Å². The lowest BCUT2D eigenvalue weighted by Crippen LogP contribution is -2.27. The summed E-state index contributed by atoms with van der Waals surface area (Å²) in [6.07, 6.45) is 5.17. The number of rotatable bonds is 5. The maximum atomic E-state index is 7.25. The van der Waals surface area contributed by atoms with E-state index in [0.29, 0.717) is 11.3 Å². The van der Waals surface area contributed by atoms with Crippen molar-refractivity contribution < 1.29 is 0 Å². The summed E-state index contributed by atoms with van der Waals surface area (Å²) in [4.78, 5) is 0. The van der Waals surface area contributed by atoms with E-state index in [9.17, 15) is 0 Å². The van der Waals surface area contributed by atoms with Crippen LogP contribution in [0.5, 0.6) is 0 Å².